The molecule has 0 atom stereocenters. The summed E-state index contributed by atoms with van der Waals surface area (Å²) in [4.78, 5) is 25.8. The summed E-state index contributed by atoms with van der Waals surface area (Å²) < 4.78 is 0. The molecule has 23 heavy (non-hydrogen) atoms. The van der Waals surface area contributed by atoms with Gasteiger partial charge in [-0.15, -0.1) is 0 Å². The van der Waals surface area contributed by atoms with Gasteiger partial charge >= 0.3 is 0 Å². The minimum Gasteiger partial charge on any atom is -0.274 e. The van der Waals surface area contributed by atoms with Gasteiger partial charge in [0.05, 0.1) is 11.1 Å². The first kappa shape index (κ1) is 15.8. The number of nitrogens with zero attached hydrogens (tertiary/aromatic N) is 1. The molecule has 0 spiro atoms. The zero-order valence-electron chi connectivity index (χ0n) is 13.1. The van der Waals surface area contributed by atoms with Gasteiger partial charge in [0.15, 0.2) is 0 Å². The summed E-state index contributed by atoms with van der Waals surface area (Å²) in [5, 5.41) is 0. The Morgan fingerprint density at radius 3 is 2.30 bits per heavy atom. The molecule has 3 rings (SSSR count). The predicted molar refractivity (Wildman–Crippen MR) is 93.8 cm³/mol. The molecule has 2 amide bonds. The van der Waals surface area contributed by atoms with Crippen LogP contribution >= 0.6 is 11.8 Å². The minimum absolute atomic E-state index is 0.158. The number of aryl methyl sites for hydroxylation is 1. The van der Waals surface area contributed by atoms with E-state index in [2.05, 4.69) is 31.2 Å². The van der Waals surface area contributed by atoms with E-state index in [0.717, 1.165) is 17.9 Å². The van der Waals surface area contributed by atoms with Crippen LogP contribution in [0.4, 0.5) is 0 Å². The smallest absolute Gasteiger partial charge is 0.261 e. The van der Waals surface area contributed by atoms with Crippen LogP contribution < -0.4 is 0 Å². The van der Waals surface area contributed by atoms with Crippen LogP contribution in [-0.4, -0.2) is 29.0 Å². The number of fused-ring (bicyclic) bond motifs is 1. The summed E-state index contributed by atoms with van der Waals surface area (Å²) in [6, 6.07) is 15.5. The second-order valence-corrected chi connectivity index (χ2v) is 6.81. The molecule has 0 saturated heterocycles. The number of thioether (sulfide) groups is 1. The van der Waals surface area contributed by atoms with Crippen molar-refractivity contribution >= 4 is 23.6 Å². The summed E-state index contributed by atoms with van der Waals surface area (Å²) in [5.41, 5.74) is 3.65. The molecule has 0 unspecified atom stereocenters. The maximum atomic E-state index is 12.2. The van der Waals surface area contributed by atoms with Crippen LogP contribution in [0.2, 0.25) is 0 Å². The number of hydrogen-bond donors (Lipinski definition) is 0. The highest BCUT2D eigenvalue weighted by atomic mass is 32.2. The summed E-state index contributed by atoms with van der Waals surface area (Å²) in [6.07, 6.45) is 0.821. The van der Waals surface area contributed by atoms with Crippen molar-refractivity contribution in [1.29, 1.82) is 0 Å². The van der Waals surface area contributed by atoms with Crippen LogP contribution in [0.25, 0.3) is 0 Å². The predicted octanol–water partition coefficient (Wildman–Crippen LogP) is 3.91. The van der Waals surface area contributed by atoms with E-state index in [1.807, 2.05) is 11.8 Å². The Bertz CT molecular complexity index is 707. The van der Waals surface area contributed by atoms with Crippen LogP contribution in [0, 0.1) is 6.92 Å². The van der Waals surface area contributed by atoms with Crippen molar-refractivity contribution < 1.29 is 9.59 Å². The van der Waals surface area contributed by atoms with Crippen molar-refractivity contribution in [3.05, 3.63) is 70.8 Å². The molecule has 0 bridgehead atoms. The Labute approximate surface area is 140 Å². The lowest BCUT2D eigenvalue weighted by Gasteiger charge is -2.13. The van der Waals surface area contributed by atoms with Crippen molar-refractivity contribution in [2.75, 3.05) is 12.3 Å². The van der Waals surface area contributed by atoms with Gasteiger partial charge in [0, 0.05) is 12.3 Å². The van der Waals surface area contributed by atoms with Gasteiger partial charge in [-0.05, 0) is 36.8 Å². The minimum atomic E-state index is -0.158. The van der Waals surface area contributed by atoms with E-state index in [0.29, 0.717) is 17.7 Å². The van der Waals surface area contributed by atoms with Gasteiger partial charge in [0.1, 0.15) is 0 Å². The van der Waals surface area contributed by atoms with Gasteiger partial charge in [0.25, 0.3) is 11.8 Å². The lowest BCUT2D eigenvalue weighted by atomic mass is 10.1. The molecule has 1 heterocycles. The van der Waals surface area contributed by atoms with Crippen molar-refractivity contribution in [3.8, 4) is 0 Å². The van der Waals surface area contributed by atoms with Gasteiger partial charge in [0.2, 0.25) is 0 Å². The summed E-state index contributed by atoms with van der Waals surface area (Å²) in [5.74, 6) is 1.58. The largest absolute Gasteiger partial charge is 0.274 e. The zero-order chi connectivity index (χ0) is 16.2. The summed E-state index contributed by atoms with van der Waals surface area (Å²) >= 11 is 1.84. The van der Waals surface area contributed by atoms with Crippen LogP contribution in [-0.2, 0) is 5.75 Å². The lowest BCUT2D eigenvalue weighted by molar-refractivity contribution is 0.0655. The normalized spacial score (nSPS) is 13.5. The molecule has 2 aromatic carbocycles. The average molecular weight is 325 g/mol. The number of amides is 2. The number of carbonyl (C=O) groups excluding carboxylic acids is 2. The van der Waals surface area contributed by atoms with Crippen molar-refractivity contribution in [1.82, 2.24) is 4.90 Å². The fourth-order valence-electron chi connectivity index (χ4n) is 2.76. The molecule has 0 fully saturated rings. The molecule has 1 aliphatic heterocycles. The van der Waals surface area contributed by atoms with Gasteiger partial charge in [-0.3, -0.25) is 14.5 Å². The molecule has 1 aliphatic rings. The number of carbonyl (C=O) groups is 2. The molecular weight excluding hydrogens is 306 g/mol. The summed E-state index contributed by atoms with van der Waals surface area (Å²) in [7, 11) is 0. The molecular formula is C19H19NO2S. The van der Waals surface area contributed by atoms with Crippen LogP contribution in [0.5, 0.6) is 0 Å². The fourth-order valence-corrected chi connectivity index (χ4v) is 3.65. The molecule has 0 saturated carbocycles. The fraction of sp³-hybridized carbons (Fsp3) is 0.263. The third-order valence-electron chi connectivity index (χ3n) is 3.90. The summed E-state index contributed by atoms with van der Waals surface area (Å²) in [6.45, 7) is 2.59. The van der Waals surface area contributed by atoms with E-state index in [-0.39, 0.29) is 11.8 Å². The Balaban J connectivity index is 1.47. The quantitative estimate of drug-likeness (QED) is 0.597. The van der Waals surface area contributed by atoms with Gasteiger partial charge in [-0.25, -0.2) is 0 Å². The molecule has 4 heteroatoms. The number of imide groups is 1. The Morgan fingerprint density at radius 1 is 0.957 bits per heavy atom. The molecule has 2 aromatic rings. The highest BCUT2D eigenvalue weighted by molar-refractivity contribution is 7.98. The van der Waals surface area contributed by atoms with E-state index in [4.69, 9.17) is 0 Å². The third kappa shape index (κ3) is 3.48. The SMILES string of the molecule is Cc1cccc(CSCCCN2C(=O)c3ccccc3C2=O)c1. The van der Waals surface area contributed by atoms with Crippen LogP contribution in [0.1, 0.15) is 38.3 Å². The highest BCUT2D eigenvalue weighted by Gasteiger charge is 2.34. The topological polar surface area (TPSA) is 37.4 Å². The van der Waals surface area contributed by atoms with Crippen molar-refractivity contribution in [2.45, 2.75) is 19.1 Å². The highest BCUT2D eigenvalue weighted by Crippen LogP contribution is 2.23. The van der Waals surface area contributed by atoms with Gasteiger partial charge in [-0.2, -0.15) is 11.8 Å². The molecule has 0 aliphatic carbocycles. The molecule has 3 nitrogen and oxygen atoms in total. The van der Waals surface area contributed by atoms with Gasteiger partial charge in [-0.1, -0.05) is 42.0 Å². The third-order valence-corrected chi connectivity index (χ3v) is 5.01. The first-order chi connectivity index (χ1) is 11.2. The Morgan fingerprint density at radius 2 is 1.65 bits per heavy atom. The van der Waals surface area contributed by atoms with Gasteiger partial charge < -0.3 is 0 Å². The first-order valence-electron chi connectivity index (χ1n) is 7.75. The number of rotatable bonds is 6. The monoisotopic (exact) mass is 325 g/mol. The van der Waals surface area contributed by atoms with E-state index in [1.54, 1.807) is 24.3 Å². The zero-order valence-corrected chi connectivity index (χ0v) is 13.9. The molecule has 0 N–H and O–H groups in total. The van der Waals surface area contributed by atoms with Crippen molar-refractivity contribution in [2.24, 2.45) is 0 Å². The number of hydrogen-bond acceptors (Lipinski definition) is 3. The standard InChI is InChI=1S/C19H19NO2S/c1-14-6-4-7-15(12-14)13-23-11-5-10-20-18(21)16-8-2-3-9-17(16)19(20)22/h2-4,6-9,12H,5,10-11,13H2,1H3. The second-order valence-electron chi connectivity index (χ2n) is 5.70. The van der Waals surface area contributed by atoms with E-state index < -0.39 is 0 Å². The number of benzene rings is 2. The molecule has 0 radical (unpaired) electrons. The molecule has 0 aromatic heterocycles. The van der Waals surface area contributed by atoms with Crippen molar-refractivity contribution in [3.63, 3.8) is 0 Å². The Kier molecular flexibility index (Phi) is 4.82. The van der Waals surface area contributed by atoms with Crippen LogP contribution in [0.3, 0.4) is 0 Å². The van der Waals surface area contributed by atoms with E-state index in [9.17, 15) is 9.59 Å². The van der Waals surface area contributed by atoms with E-state index >= 15 is 0 Å². The average Bonchev–Trinajstić information content (AvgIpc) is 2.80. The maximum absolute atomic E-state index is 12.2. The van der Waals surface area contributed by atoms with E-state index in [1.165, 1.54) is 16.0 Å². The Hall–Kier alpha value is -2.07. The van der Waals surface area contributed by atoms with Crippen LogP contribution in [0.15, 0.2) is 48.5 Å². The first-order valence-corrected chi connectivity index (χ1v) is 8.91. The molecule has 118 valence electrons. The lowest BCUT2D eigenvalue weighted by Crippen LogP contribution is -2.31. The maximum Gasteiger partial charge on any atom is 0.261 e. The second kappa shape index (κ2) is 7.01.